The summed E-state index contributed by atoms with van der Waals surface area (Å²) in [7, 11) is 0. The molecule has 0 bridgehead atoms. The molecule has 1 aromatic carbocycles. The molecule has 4 rings (SSSR count). The van der Waals surface area contributed by atoms with Gasteiger partial charge >= 0.3 is 0 Å². The summed E-state index contributed by atoms with van der Waals surface area (Å²) >= 11 is 13.7. The van der Waals surface area contributed by atoms with Gasteiger partial charge in [-0.05, 0) is 31.0 Å². The Kier molecular flexibility index (Phi) is 3.27. The van der Waals surface area contributed by atoms with Crippen molar-refractivity contribution in [3.05, 3.63) is 44.7 Å². The molecule has 1 saturated carbocycles. The Morgan fingerprint density at radius 2 is 2.00 bits per heavy atom. The minimum Gasteiger partial charge on any atom is -0.354 e. The molecule has 0 unspecified atom stereocenters. The van der Waals surface area contributed by atoms with Crippen LogP contribution in [-0.4, -0.2) is 10.1 Å². The largest absolute Gasteiger partial charge is 0.354 e. The van der Waals surface area contributed by atoms with Crippen molar-refractivity contribution in [3.8, 4) is 22.7 Å². The van der Waals surface area contributed by atoms with Gasteiger partial charge < -0.3 is 10.3 Å². The highest BCUT2D eigenvalue weighted by Gasteiger charge is 2.43. The van der Waals surface area contributed by atoms with E-state index in [9.17, 15) is 0 Å². The average Bonchev–Trinajstić information content (AvgIpc) is 2.95. The second-order valence-electron chi connectivity index (χ2n) is 5.39. The first-order valence-electron chi connectivity index (χ1n) is 6.73. The lowest BCUT2D eigenvalue weighted by molar-refractivity contribution is 0.433. The molecule has 0 spiro atoms. The summed E-state index contributed by atoms with van der Waals surface area (Å²) in [5.41, 5.74) is 8.11. The van der Waals surface area contributed by atoms with E-state index >= 15 is 0 Å². The molecule has 0 atom stereocenters. The highest BCUT2D eigenvalue weighted by atomic mass is 35.5. The molecule has 7 heteroatoms. The van der Waals surface area contributed by atoms with Gasteiger partial charge in [0.15, 0.2) is 5.76 Å². The highest BCUT2D eigenvalue weighted by Crippen LogP contribution is 2.44. The van der Waals surface area contributed by atoms with Crippen LogP contribution in [0, 0.1) is 0 Å². The van der Waals surface area contributed by atoms with Gasteiger partial charge in [0.1, 0.15) is 16.4 Å². The number of thiazole rings is 1. The van der Waals surface area contributed by atoms with Crippen molar-refractivity contribution in [1.82, 2.24) is 10.1 Å². The molecule has 1 aliphatic carbocycles. The van der Waals surface area contributed by atoms with Crippen molar-refractivity contribution < 1.29 is 4.52 Å². The van der Waals surface area contributed by atoms with E-state index in [0.29, 0.717) is 21.5 Å². The quantitative estimate of drug-likeness (QED) is 0.741. The first kappa shape index (κ1) is 14.2. The fourth-order valence-corrected chi connectivity index (χ4v) is 3.67. The van der Waals surface area contributed by atoms with E-state index in [4.69, 9.17) is 33.5 Å². The number of rotatable bonds is 3. The van der Waals surface area contributed by atoms with Gasteiger partial charge in [-0.3, -0.25) is 0 Å². The van der Waals surface area contributed by atoms with Crippen LogP contribution < -0.4 is 5.73 Å². The first-order chi connectivity index (χ1) is 10.5. The summed E-state index contributed by atoms with van der Waals surface area (Å²) in [6.07, 6.45) is 1.98. The maximum Gasteiger partial charge on any atom is 0.186 e. The maximum atomic E-state index is 6.20. The zero-order valence-corrected chi connectivity index (χ0v) is 13.7. The molecule has 0 amide bonds. The summed E-state index contributed by atoms with van der Waals surface area (Å²) in [6, 6.07) is 7.09. The Labute approximate surface area is 140 Å². The number of halogens is 2. The highest BCUT2D eigenvalue weighted by molar-refractivity contribution is 7.10. The molecule has 3 aromatic rings. The van der Waals surface area contributed by atoms with E-state index in [1.165, 1.54) is 0 Å². The van der Waals surface area contributed by atoms with Crippen molar-refractivity contribution in [2.45, 2.75) is 18.4 Å². The molecule has 0 radical (unpaired) electrons. The molecule has 2 N–H and O–H groups in total. The number of hydrogen-bond donors (Lipinski definition) is 1. The normalized spacial score (nSPS) is 16.0. The Hall–Kier alpha value is -1.40. The van der Waals surface area contributed by atoms with E-state index in [0.717, 1.165) is 29.1 Å². The first-order valence-corrected chi connectivity index (χ1v) is 8.36. The maximum absolute atomic E-state index is 6.20. The minimum absolute atomic E-state index is 0.231. The second kappa shape index (κ2) is 5.06. The number of aromatic nitrogens is 2. The summed E-state index contributed by atoms with van der Waals surface area (Å²) in [4.78, 5) is 4.56. The number of hydrogen-bond acceptors (Lipinski definition) is 5. The van der Waals surface area contributed by atoms with Crippen LogP contribution in [0.15, 0.2) is 34.2 Å². The van der Waals surface area contributed by atoms with Crippen LogP contribution >= 0.6 is 34.5 Å². The Balaban J connectivity index is 1.67. The van der Waals surface area contributed by atoms with Crippen molar-refractivity contribution in [2.75, 3.05) is 0 Å². The summed E-state index contributed by atoms with van der Waals surface area (Å²) in [5.74, 6) is 0.604. The summed E-state index contributed by atoms with van der Waals surface area (Å²) < 4.78 is 5.40. The third-order valence-electron chi connectivity index (χ3n) is 3.69. The Bertz CT molecular complexity index is 854. The third kappa shape index (κ3) is 2.44. The molecule has 2 aromatic heterocycles. The molecule has 1 aliphatic rings. The average molecular weight is 352 g/mol. The molecule has 112 valence electrons. The van der Waals surface area contributed by atoms with E-state index in [-0.39, 0.29) is 5.54 Å². The molecule has 0 aliphatic heterocycles. The predicted molar refractivity (Wildman–Crippen MR) is 88.2 cm³/mol. The molecule has 4 nitrogen and oxygen atoms in total. The van der Waals surface area contributed by atoms with E-state index in [1.54, 1.807) is 23.5 Å². The summed E-state index contributed by atoms with van der Waals surface area (Å²) in [6.45, 7) is 0. The minimum atomic E-state index is -0.231. The van der Waals surface area contributed by atoms with Gasteiger partial charge in [-0.1, -0.05) is 28.4 Å². The van der Waals surface area contributed by atoms with Gasteiger partial charge in [-0.25, -0.2) is 4.98 Å². The molecular weight excluding hydrogens is 341 g/mol. The van der Waals surface area contributed by atoms with Gasteiger partial charge in [0.2, 0.25) is 0 Å². The standard InChI is InChI=1S/C15H11Cl2N3OS/c16-8-1-2-9(10(17)5-8)11-6-13(21-20-11)12-7-22-14(19-12)15(18)3-4-15/h1-2,5-7H,3-4,18H2. The lowest BCUT2D eigenvalue weighted by atomic mass is 10.1. The lowest BCUT2D eigenvalue weighted by Crippen LogP contribution is -2.18. The SMILES string of the molecule is NC1(c2nc(-c3cc(-c4ccc(Cl)cc4Cl)no3)cs2)CC1. The van der Waals surface area contributed by atoms with Crippen molar-refractivity contribution >= 4 is 34.5 Å². The van der Waals surface area contributed by atoms with Crippen LogP contribution in [-0.2, 0) is 5.54 Å². The van der Waals surface area contributed by atoms with Crippen LogP contribution in [0.4, 0.5) is 0 Å². The van der Waals surface area contributed by atoms with Gasteiger partial charge in [-0.15, -0.1) is 11.3 Å². The topological polar surface area (TPSA) is 64.9 Å². The number of nitrogens with zero attached hydrogens (tertiary/aromatic N) is 2. The molecular formula is C15H11Cl2N3OS. The molecule has 1 fully saturated rings. The van der Waals surface area contributed by atoms with Crippen LogP contribution in [0.5, 0.6) is 0 Å². The van der Waals surface area contributed by atoms with Crippen LogP contribution in [0.25, 0.3) is 22.7 Å². The number of benzene rings is 1. The fourth-order valence-electron chi connectivity index (χ4n) is 2.18. The lowest BCUT2D eigenvalue weighted by Gasteiger charge is -2.00. The van der Waals surface area contributed by atoms with E-state index < -0.39 is 0 Å². The summed E-state index contributed by atoms with van der Waals surface area (Å²) in [5, 5.41) is 8.08. The monoisotopic (exact) mass is 351 g/mol. The fraction of sp³-hybridized carbons (Fsp3) is 0.200. The van der Waals surface area contributed by atoms with Crippen molar-refractivity contribution in [1.29, 1.82) is 0 Å². The molecule has 0 saturated heterocycles. The van der Waals surface area contributed by atoms with Gasteiger partial charge in [0, 0.05) is 22.0 Å². The third-order valence-corrected chi connectivity index (χ3v) is 5.30. The van der Waals surface area contributed by atoms with Crippen LogP contribution in [0.1, 0.15) is 17.8 Å². The second-order valence-corrected chi connectivity index (χ2v) is 7.10. The van der Waals surface area contributed by atoms with E-state index in [2.05, 4.69) is 10.1 Å². The van der Waals surface area contributed by atoms with Gasteiger partial charge in [0.25, 0.3) is 0 Å². The van der Waals surface area contributed by atoms with Gasteiger partial charge in [0.05, 0.1) is 10.6 Å². The van der Waals surface area contributed by atoms with Crippen molar-refractivity contribution in [3.63, 3.8) is 0 Å². The van der Waals surface area contributed by atoms with Crippen molar-refractivity contribution in [2.24, 2.45) is 5.73 Å². The zero-order valence-electron chi connectivity index (χ0n) is 11.3. The van der Waals surface area contributed by atoms with Crippen LogP contribution in [0.2, 0.25) is 10.0 Å². The Morgan fingerprint density at radius 3 is 2.73 bits per heavy atom. The smallest absolute Gasteiger partial charge is 0.186 e. The predicted octanol–water partition coefficient (Wildman–Crippen LogP) is 4.72. The van der Waals surface area contributed by atoms with Gasteiger partial charge in [-0.2, -0.15) is 0 Å². The number of nitrogens with two attached hydrogens (primary N) is 1. The molecule has 2 heterocycles. The van der Waals surface area contributed by atoms with Crippen LogP contribution in [0.3, 0.4) is 0 Å². The zero-order chi connectivity index (χ0) is 15.3. The Morgan fingerprint density at radius 1 is 1.18 bits per heavy atom. The molecule has 22 heavy (non-hydrogen) atoms. The van der Waals surface area contributed by atoms with E-state index in [1.807, 2.05) is 17.5 Å².